The smallest absolute Gasteiger partial charge is 0.390 e. The second kappa shape index (κ2) is 8.11. The van der Waals surface area contributed by atoms with Crippen LogP contribution in [0.5, 0.6) is 5.75 Å². The minimum Gasteiger partial charge on any atom is -0.545 e. The molecule has 170 valence electrons. The maximum atomic E-state index is 13.2. The summed E-state index contributed by atoms with van der Waals surface area (Å²) in [6.45, 7) is 0. The molecule has 3 aromatic rings. The van der Waals surface area contributed by atoms with Gasteiger partial charge in [-0.05, 0) is 36.4 Å². The third kappa shape index (κ3) is 4.80. The number of carboxylic acid groups (broad SMARTS) is 1. The SMILES string of the molecule is O=C([O-])c1c(-c2ccc(F)cc2)oc2ccc(OS(=O)(=O)CCC(F)(F)F)c([N+](=O)[O-])c12. The largest absolute Gasteiger partial charge is 0.545 e. The summed E-state index contributed by atoms with van der Waals surface area (Å²) in [5.41, 5.74) is -2.39. The molecule has 0 aliphatic carbocycles. The Balaban J connectivity index is 2.20. The number of rotatable bonds is 7. The van der Waals surface area contributed by atoms with Gasteiger partial charge in [0, 0.05) is 5.56 Å². The van der Waals surface area contributed by atoms with Crippen LogP contribution in [-0.4, -0.2) is 31.2 Å². The minimum absolute atomic E-state index is 0.0105. The molecule has 32 heavy (non-hydrogen) atoms. The highest BCUT2D eigenvalue weighted by Gasteiger charge is 2.34. The van der Waals surface area contributed by atoms with E-state index in [1.807, 2.05) is 0 Å². The number of hydrogen-bond acceptors (Lipinski definition) is 8. The molecule has 0 N–H and O–H groups in total. The Kier molecular flexibility index (Phi) is 5.82. The molecule has 0 unspecified atom stereocenters. The Morgan fingerprint density at radius 1 is 1.12 bits per heavy atom. The van der Waals surface area contributed by atoms with Crippen molar-refractivity contribution in [3.63, 3.8) is 0 Å². The van der Waals surface area contributed by atoms with Crippen LogP contribution in [0.4, 0.5) is 23.2 Å². The van der Waals surface area contributed by atoms with Crippen molar-refractivity contribution in [2.75, 3.05) is 5.75 Å². The molecule has 0 aliphatic heterocycles. The van der Waals surface area contributed by atoms with Crippen molar-refractivity contribution < 1.29 is 49.4 Å². The highest BCUT2D eigenvalue weighted by atomic mass is 32.2. The van der Waals surface area contributed by atoms with E-state index in [9.17, 15) is 46.0 Å². The Morgan fingerprint density at radius 3 is 2.28 bits per heavy atom. The molecule has 0 saturated carbocycles. The molecule has 0 bridgehead atoms. The second-order valence-corrected chi connectivity index (χ2v) is 8.04. The lowest BCUT2D eigenvalue weighted by Gasteiger charge is -2.10. The summed E-state index contributed by atoms with van der Waals surface area (Å²) in [5, 5.41) is 22.7. The van der Waals surface area contributed by atoms with E-state index in [0.717, 1.165) is 36.4 Å². The first-order chi connectivity index (χ1) is 14.8. The number of furan rings is 1. The van der Waals surface area contributed by atoms with Crippen molar-refractivity contribution in [1.82, 2.24) is 0 Å². The molecule has 0 aliphatic rings. The molecular weight excluding hydrogens is 466 g/mol. The maximum Gasteiger partial charge on any atom is 0.390 e. The number of nitro benzene ring substituents is 1. The van der Waals surface area contributed by atoms with Gasteiger partial charge >= 0.3 is 22.0 Å². The van der Waals surface area contributed by atoms with Crippen molar-refractivity contribution in [2.45, 2.75) is 12.6 Å². The Hall–Kier alpha value is -3.68. The van der Waals surface area contributed by atoms with Gasteiger partial charge in [0.25, 0.3) is 0 Å². The summed E-state index contributed by atoms with van der Waals surface area (Å²) in [7, 11) is -4.94. The van der Waals surface area contributed by atoms with Crippen molar-refractivity contribution in [3.8, 4) is 17.1 Å². The van der Waals surface area contributed by atoms with Gasteiger partial charge in [-0.2, -0.15) is 21.6 Å². The first-order valence-electron chi connectivity index (χ1n) is 8.49. The highest BCUT2D eigenvalue weighted by Crippen LogP contribution is 2.43. The zero-order valence-electron chi connectivity index (χ0n) is 15.5. The van der Waals surface area contributed by atoms with Gasteiger partial charge in [-0.3, -0.25) is 10.1 Å². The number of benzene rings is 2. The van der Waals surface area contributed by atoms with Crippen LogP contribution in [0, 0.1) is 15.9 Å². The van der Waals surface area contributed by atoms with Gasteiger partial charge in [-0.15, -0.1) is 0 Å². The quantitative estimate of drug-likeness (QED) is 0.219. The van der Waals surface area contributed by atoms with Crippen LogP contribution in [0.3, 0.4) is 0 Å². The minimum atomic E-state index is -4.94. The lowest BCUT2D eigenvalue weighted by molar-refractivity contribution is -0.383. The number of nitrogens with zero attached hydrogens (tertiary/aromatic N) is 1. The average Bonchev–Trinajstić information content (AvgIpc) is 3.05. The Bertz CT molecular complexity index is 1310. The summed E-state index contributed by atoms with van der Waals surface area (Å²) in [4.78, 5) is 22.2. The Labute approximate surface area is 176 Å². The van der Waals surface area contributed by atoms with Crippen molar-refractivity contribution >= 4 is 32.7 Å². The van der Waals surface area contributed by atoms with Crippen molar-refractivity contribution in [3.05, 3.63) is 57.9 Å². The standard InChI is InChI=1S/C18H11F4NO8S/c19-10-3-1-9(2-4-10)16-14(17(24)25)13-11(30-16)5-6-12(15(13)23(26)27)31-32(28,29)8-7-18(20,21)22/h1-6H,7-8H2,(H,24,25)/p-1. The van der Waals surface area contributed by atoms with E-state index in [-0.39, 0.29) is 11.1 Å². The number of carbonyl (C=O) groups excluding carboxylic acids is 1. The van der Waals surface area contributed by atoms with E-state index in [0.29, 0.717) is 0 Å². The predicted molar refractivity (Wildman–Crippen MR) is 97.7 cm³/mol. The molecule has 3 rings (SSSR count). The fourth-order valence-corrected chi connectivity index (χ4v) is 3.79. The number of carbonyl (C=O) groups is 1. The van der Waals surface area contributed by atoms with Gasteiger partial charge in [0.2, 0.25) is 5.75 Å². The number of halogens is 4. The Morgan fingerprint density at radius 2 is 1.75 bits per heavy atom. The van der Waals surface area contributed by atoms with Crippen LogP contribution in [0.1, 0.15) is 16.8 Å². The molecular formula is C18H10F4NO8S-. The number of fused-ring (bicyclic) bond motifs is 1. The molecule has 0 atom stereocenters. The van der Waals surface area contributed by atoms with Gasteiger partial charge in [-0.1, -0.05) is 0 Å². The van der Waals surface area contributed by atoms with Gasteiger partial charge in [0.15, 0.2) is 0 Å². The van der Waals surface area contributed by atoms with Gasteiger partial charge in [0.05, 0.1) is 28.6 Å². The molecule has 0 radical (unpaired) electrons. The zero-order valence-corrected chi connectivity index (χ0v) is 16.3. The molecule has 2 aromatic carbocycles. The first-order valence-corrected chi connectivity index (χ1v) is 10.1. The number of hydrogen-bond donors (Lipinski definition) is 0. The van der Waals surface area contributed by atoms with Crippen LogP contribution in [0.15, 0.2) is 40.8 Å². The van der Waals surface area contributed by atoms with E-state index in [1.165, 1.54) is 0 Å². The van der Waals surface area contributed by atoms with Crippen LogP contribution in [0.25, 0.3) is 22.3 Å². The maximum absolute atomic E-state index is 13.2. The fourth-order valence-electron chi connectivity index (χ4n) is 2.82. The molecule has 0 amide bonds. The van der Waals surface area contributed by atoms with Crippen LogP contribution < -0.4 is 9.29 Å². The van der Waals surface area contributed by atoms with Gasteiger partial charge < -0.3 is 18.5 Å². The molecule has 0 saturated heterocycles. The van der Waals surface area contributed by atoms with E-state index < -0.39 is 73.3 Å². The van der Waals surface area contributed by atoms with E-state index >= 15 is 0 Å². The number of carboxylic acids is 1. The number of aromatic carboxylic acids is 1. The summed E-state index contributed by atoms with van der Waals surface area (Å²) < 4.78 is 83.8. The molecule has 14 heteroatoms. The summed E-state index contributed by atoms with van der Waals surface area (Å²) in [5.74, 6) is -5.58. The molecule has 0 fully saturated rings. The van der Waals surface area contributed by atoms with Crippen LogP contribution in [-0.2, 0) is 10.1 Å². The topological polar surface area (TPSA) is 140 Å². The second-order valence-electron chi connectivity index (χ2n) is 6.35. The number of nitro groups is 1. The fraction of sp³-hybridized carbons (Fsp3) is 0.167. The van der Waals surface area contributed by atoms with Crippen molar-refractivity contribution in [2.24, 2.45) is 0 Å². The number of alkyl halides is 3. The molecule has 1 heterocycles. The average molecular weight is 476 g/mol. The lowest BCUT2D eigenvalue weighted by atomic mass is 10.0. The van der Waals surface area contributed by atoms with E-state index in [2.05, 4.69) is 4.18 Å². The summed E-state index contributed by atoms with van der Waals surface area (Å²) >= 11 is 0. The summed E-state index contributed by atoms with van der Waals surface area (Å²) in [6, 6.07) is 5.88. The van der Waals surface area contributed by atoms with E-state index in [4.69, 9.17) is 4.42 Å². The van der Waals surface area contributed by atoms with Crippen molar-refractivity contribution in [1.29, 1.82) is 0 Å². The van der Waals surface area contributed by atoms with E-state index in [1.54, 1.807) is 0 Å². The normalized spacial score (nSPS) is 12.1. The third-order valence-corrected chi connectivity index (χ3v) is 5.27. The van der Waals surface area contributed by atoms with Crippen LogP contribution >= 0.6 is 0 Å². The highest BCUT2D eigenvalue weighted by molar-refractivity contribution is 7.87. The molecule has 0 spiro atoms. The third-order valence-electron chi connectivity index (χ3n) is 4.14. The van der Waals surface area contributed by atoms with Crippen LogP contribution in [0.2, 0.25) is 0 Å². The first kappa shape index (κ1) is 23.0. The predicted octanol–water partition coefficient (Wildman–Crippen LogP) is 3.17. The lowest BCUT2D eigenvalue weighted by Crippen LogP contribution is -2.23. The van der Waals surface area contributed by atoms with Gasteiger partial charge in [0.1, 0.15) is 22.5 Å². The molecule has 1 aromatic heterocycles. The zero-order chi connectivity index (χ0) is 23.8. The van der Waals surface area contributed by atoms with Gasteiger partial charge in [-0.25, -0.2) is 4.39 Å². The summed E-state index contributed by atoms with van der Waals surface area (Å²) in [6.07, 6.45) is -6.60. The monoisotopic (exact) mass is 476 g/mol. The molecule has 9 nitrogen and oxygen atoms in total.